The van der Waals surface area contributed by atoms with Gasteiger partial charge >= 0.3 is 0 Å². The van der Waals surface area contributed by atoms with E-state index < -0.39 is 6.04 Å². The minimum absolute atomic E-state index is 0.170. The third-order valence-corrected chi connectivity index (χ3v) is 2.70. The van der Waals surface area contributed by atoms with Gasteiger partial charge in [-0.25, -0.2) is 4.98 Å². The molecule has 5 heteroatoms. The number of aromatic nitrogens is 1. The van der Waals surface area contributed by atoms with Gasteiger partial charge in [-0.3, -0.25) is 4.79 Å². The first kappa shape index (κ1) is 12.6. The van der Waals surface area contributed by atoms with E-state index in [4.69, 9.17) is 10.2 Å². The molecule has 1 aromatic carbocycles. The number of nitrogens with zero attached hydrogens (tertiary/aromatic N) is 1. The van der Waals surface area contributed by atoms with E-state index in [0.29, 0.717) is 23.6 Å². The molecule has 0 aliphatic rings. The lowest BCUT2D eigenvalue weighted by Crippen LogP contribution is -2.35. The number of anilines is 1. The Morgan fingerprint density at radius 3 is 3.06 bits per heavy atom. The largest absolute Gasteiger partial charge is 0.441 e. The summed E-state index contributed by atoms with van der Waals surface area (Å²) >= 11 is 0. The SMILES string of the molecule is CCC[C@H](N)C(=O)Nc1ccc2oc(C)nc2c1. The molecule has 0 radical (unpaired) electrons. The molecule has 1 aromatic heterocycles. The van der Waals surface area contributed by atoms with Crippen LogP contribution < -0.4 is 11.1 Å². The van der Waals surface area contributed by atoms with E-state index in [-0.39, 0.29) is 5.91 Å². The standard InChI is InChI=1S/C13H17N3O2/c1-3-4-10(14)13(17)16-9-5-6-12-11(7-9)15-8(2)18-12/h5-7,10H,3-4,14H2,1-2H3,(H,16,17)/t10-/m0/s1. The Bertz CT molecular complexity index is 562. The maximum Gasteiger partial charge on any atom is 0.241 e. The van der Waals surface area contributed by atoms with Crippen LogP contribution in [0.25, 0.3) is 11.1 Å². The van der Waals surface area contributed by atoms with Gasteiger partial charge in [0.2, 0.25) is 5.91 Å². The number of nitrogens with one attached hydrogen (secondary N) is 1. The fourth-order valence-corrected chi connectivity index (χ4v) is 1.80. The molecule has 5 nitrogen and oxygen atoms in total. The van der Waals surface area contributed by atoms with Crippen LogP contribution >= 0.6 is 0 Å². The molecule has 18 heavy (non-hydrogen) atoms. The Kier molecular flexibility index (Phi) is 3.62. The predicted octanol–water partition coefficient (Wildman–Crippen LogP) is 2.20. The monoisotopic (exact) mass is 247 g/mol. The number of fused-ring (bicyclic) bond motifs is 1. The maximum absolute atomic E-state index is 11.8. The lowest BCUT2D eigenvalue weighted by Gasteiger charge is -2.10. The fourth-order valence-electron chi connectivity index (χ4n) is 1.80. The van der Waals surface area contributed by atoms with Crippen molar-refractivity contribution < 1.29 is 9.21 Å². The number of nitrogens with two attached hydrogens (primary N) is 1. The van der Waals surface area contributed by atoms with Crippen LogP contribution in [0.2, 0.25) is 0 Å². The molecule has 0 aliphatic heterocycles. The number of amides is 1. The topological polar surface area (TPSA) is 81.2 Å². The number of oxazole rings is 1. The van der Waals surface area contributed by atoms with E-state index in [1.54, 1.807) is 25.1 Å². The first-order valence-electron chi connectivity index (χ1n) is 6.03. The van der Waals surface area contributed by atoms with Crippen molar-refractivity contribution in [2.75, 3.05) is 5.32 Å². The van der Waals surface area contributed by atoms with E-state index in [9.17, 15) is 4.79 Å². The summed E-state index contributed by atoms with van der Waals surface area (Å²) in [5.41, 5.74) is 7.88. The Hall–Kier alpha value is -1.88. The van der Waals surface area contributed by atoms with E-state index in [2.05, 4.69) is 10.3 Å². The van der Waals surface area contributed by atoms with E-state index in [1.807, 2.05) is 6.92 Å². The second-order valence-corrected chi connectivity index (χ2v) is 4.30. The second-order valence-electron chi connectivity index (χ2n) is 4.30. The molecular formula is C13H17N3O2. The molecule has 0 bridgehead atoms. The Morgan fingerprint density at radius 2 is 2.33 bits per heavy atom. The van der Waals surface area contributed by atoms with Crippen molar-refractivity contribution in [3.63, 3.8) is 0 Å². The van der Waals surface area contributed by atoms with Gasteiger partial charge in [-0.15, -0.1) is 0 Å². The molecule has 96 valence electrons. The number of aryl methyl sites for hydroxylation is 1. The lowest BCUT2D eigenvalue weighted by molar-refractivity contribution is -0.117. The molecular weight excluding hydrogens is 230 g/mol. The van der Waals surface area contributed by atoms with Gasteiger partial charge in [0.05, 0.1) is 6.04 Å². The number of benzene rings is 1. The quantitative estimate of drug-likeness (QED) is 0.867. The van der Waals surface area contributed by atoms with Crippen molar-refractivity contribution in [3.05, 3.63) is 24.1 Å². The number of carbonyl (C=O) groups is 1. The van der Waals surface area contributed by atoms with Crippen LogP contribution in [0.15, 0.2) is 22.6 Å². The zero-order valence-electron chi connectivity index (χ0n) is 10.6. The van der Waals surface area contributed by atoms with E-state index in [0.717, 1.165) is 11.9 Å². The van der Waals surface area contributed by atoms with Crippen LogP contribution in [0.4, 0.5) is 5.69 Å². The van der Waals surface area contributed by atoms with Gasteiger partial charge in [-0.1, -0.05) is 13.3 Å². The van der Waals surface area contributed by atoms with Gasteiger partial charge in [-0.05, 0) is 24.6 Å². The highest BCUT2D eigenvalue weighted by Crippen LogP contribution is 2.19. The Balaban J connectivity index is 2.14. The summed E-state index contributed by atoms with van der Waals surface area (Å²) in [5, 5.41) is 2.78. The zero-order chi connectivity index (χ0) is 13.1. The van der Waals surface area contributed by atoms with Gasteiger partial charge in [0.25, 0.3) is 0 Å². The average molecular weight is 247 g/mol. The number of hydrogen-bond acceptors (Lipinski definition) is 4. The Morgan fingerprint density at radius 1 is 1.56 bits per heavy atom. The van der Waals surface area contributed by atoms with Crippen molar-refractivity contribution in [1.82, 2.24) is 4.98 Å². The summed E-state index contributed by atoms with van der Waals surface area (Å²) in [6.07, 6.45) is 1.56. The van der Waals surface area contributed by atoms with E-state index >= 15 is 0 Å². The van der Waals surface area contributed by atoms with Crippen LogP contribution in [-0.2, 0) is 4.79 Å². The minimum atomic E-state index is -0.468. The number of rotatable bonds is 4. The molecule has 0 fully saturated rings. The molecule has 0 saturated heterocycles. The van der Waals surface area contributed by atoms with Gasteiger partial charge in [0.15, 0.2) is 11.5 Å². The van der Waals surface area contributed by atoms with Crippen LogP contribution in [0.1, 0.15) is 25.7 Å². The van der Waals surface area contributed by atoms with Crippen molar-refractivity contribution >= 4 is 22.7 Å². The van der Waals surface area contributed by atoms with Crippen LogP contribution in [0.5, 0.6) is 0 Å². The van der Waals surface area contributed by atoms with Crippen LogP contribution in [0, 0.1) is 6.92 Å². The van der Waals surface area contributed by atoms with Crippen molar-refractivity contribution in [1.29, 1.82) is 0 Å². The highest BCUT2D eigenvalue weighted by atomic mass is 16.3. The predicted molar refractivity (Wildman–Crippen MR) is 70.3 cm³/mol. The Labute approximate surface area is 105 Å². The van der Waals surface area contributed by atoms with Crippen molar-refractivity contribution in [3.8, 4) is 0 Å². The van der Waals surface area contributed by atoms with Gasteiger partial charge in [0, 0.05) is 12.6 Å². The molecule has 0 unspecified atom stereocenters. The molecule has 0 aliphatic carbocycles. The summed E-state index contributed by atoms with van der Waals surface area (Å²) < 4.78 is 5.37. The number of carbonyl (C=O) groups excluding carboxylic acids is 1. The van der Waals surface area contributed by atoms with Crippen LogP contribution in [0.3, 0.4) is 0 Å². The second kappa shape index (κ2) is 5.18. The average Bonchev–Trinajstić information content (AvgIpc) is 2.68. The van der Waals surface area contributed by atoms with Gasteiger partial charge in [-0.2, -0.15) is 0 Å². The molecule has 2 aromatic rings. The maximum atomic E-state index is 11.8. The summed E-state index contributed by atoms with van der Waals surface area (Å²) in [6, 6.07) is 4.88. The first-order valence-corrected chi connectivity index (χ1v) is 6.03. The molecule has 1 amide bonds. The summed E-state index contributed by atoms with van der Waals surface area (Å²) in [7, 11) is 0. The highest BCUT2D eigenvalue weighted by Gasteiger charge is 2.13. The van der Waals surface area contributed by atoms with Crippen molar-refractivity contribution in [2.24, 2.45) is 5.73 Å². The molecule has 3 N–H and O–H groups in total. The smallest absolute Gasteiger partial charge is 0.241 e. The van der Waals surface area contributed by atoms with Crippen molar-refractivity contribution in [2.45, 2.75) is 32.7 Å². The normalized spacial score (nSPS) is 12.6. The molecule has 1 heterocycles. The summed E-state index contributed by atoms with van der Waals surface area (Å²) in [4.78, 5) is 16.0. The minimum Gasteiger partial charge on any atom is -0.441 e. The fraction of sp³-hybridized carbons (Fsp3) is 0.385. The van der Waals surface area contributed by atoms with Gasteiger partial charge in [0.1, 0.15) is 5.52 Å². The molecule has 1 atom stereocenters. The van der Waals surface area contributed by atoms with E-state index in [1.165, 1.54) is 0 Å². The third kappa shape index (κ3) is 2.68. The summed E-state index contributed by atoms with van der Waals surface area (Å²) in [5.74, 6) is 0.438. The highest BCUT2D eigenvalue weighted by molar-refractivity contribution is 5.96. The third-order valence-electron chi connectivity index (χ3n) is 2.70. The number of hydrogen-bond donors (Lipinski definition) is 2. The first-order chi connectivity index (χ1) is 8.60. The zero-order valence-corrected chi connectivity index (χ0v) is 10.6. The summed E-state index contributed by atoms with van der Waals surface area (Å²) in [6.45, 7) is 3.78. The molecule has 2 rings (SSSR count). The van der Waals surface area contributed by atoms with Crippen LogP contribution in [-0.4, -0.2) is 16.9 Å². The molecule has 0 saturated carbocycles. The van der Waals surface area contributed by atoms with Gasteiger partial charge < -0.3 is 15.5 Å². The molecule has 0 spiro atoms. The lowest BCUT2D eigenvalue weighted by atomic mass is 10.1.